The molecule has 2 aromatic carbocycles. The largest absolute Gasteiger partial charge is 0.481 e. The van der Waals surface area contributed by atoms with Gasteiger partial charge < -0.3 is 15.4 Å². The van der Waals surface area contributed by atoms with Crippen LogP contribution in [-0.4, -0.2) is 57.7 Å². The molecule has 0 bridgehead atoms. The third-order valence-corrected chi connectivity index (χ3v) is 10.5. The minimum Gasteiger partial charge on any atom is -0.481 e. The van der Waals surface area contributed by atoms with Gasteiger partial charge >= 0.3 is 5.69 Å². The first-order chi connectivity index (χ1) is 24.4. The molecule has 0 radical (unpaired) electrons. The lowest BCUT2D eigenvalue weighted by molar-refractivity contribution is -0.120. The van der Waals surface area contributed by atoms with E-state index in [4.69, 9.17) is 32.9 Å². The van der Waals surface area contributed by atoms with E-state index >= 15 is 0 Å². The monoisotopic (exact) mass is 729 g/mol. The topological polar surface area (TPSA) is 123 Å². The van der Waals surface area contributed by atoms with Crippen molar-refractivity contribution in [3.8, 4) is 28.3 Å². The second-order valence-corrected chi connectivity index (χ2v) is 13.7. The molecule has 0 saturated carbocycles. The Hall–Kier alpha value is -4.71. The lowest BCUT2D eigenvalue weighted by Gasteiger charge is -2.26. The summed E-state index contributed by atoms with van der Waals surface area (Å²) in [6.45, 7) is 2.66. The van der Waals surface area contributed by atoms with Crippen molar-refractivity contribution in [1.29, 1.82) is 0 Å². The van der Waals surface area contributed by atoms with E-state index in [0.29, 0.717) is 61.9 Å². The summed E-state index contributed by atoms with van der Waals surface area (Å²) in [5, 5.41) is 7.09. The van der Waals surface area contributed by atoms with Crippen LogP contribution in [0, 0.1) is 6.92 Å². The van der Waals surface area contributed by atoms with Crippen LogP contribution in [0.5, 0.6) is 5.88 Å². The highest BCUT2D eigenvalue weighted by atomic mass is 35.5. The summed E-state index contributed by atoms with van der Waals surface area (Å²) in [7, 11) is 8.48. The molecule has 3 heterocycles. The number of aryl methyl sites for hydroxylation is 3. The van der Waals surface area contributed by atoms with E-state index in [-0.39, 0.29) is 17.3 Å². The molecule has 6 rings (SSSR count). The van der Waals surface area contributed by atoms with E-state index in [1.54, 1.807) is 40.3 Å². The number of hydrogen-bond acceptors (Lipinski definition) is 8. The number of carbonyl (C=O) groups is 1. The molecule has 2 N–H and O–H groups in total. The van der Waals surface area contributed by atoms with Crippen LogP contribution in [0.1, 0.15) is 48.5 Å². The summed E-state index contributed by atoms with van der Waals surface area (Å²) in [5.74, 6) is 0.935. The normalized spacial score (nSPS) is 13.9. The van der Waals surface area contributed by atoms with Gasteiger partial charge in [-0.25, -0.2) is 14.8 Å². The van der Waals surface area contributed by atoms with Crippen molar-refractivity contribution in [3.63, 3.8) is 0 Å². The fourth-order valence-electron chi connectivity index (χ4n) is 6.95. The van der Waals surface area contributed by atoms with Gasteiger partial charge in [0.2, 0.25) is 11.8 Å². The molecule has 0 saturated heterocycles. The maximum atomic E-state index is 13.3. The number of nitrogens with one attached hydrogen (secondary N) is 2. The van der Waals surface area contributed by atoms with Crippen LogP contribution in [0.3, 0.4) is 0 Å². The zero-order valence-electron chi connectivity index (χ0n) is 29.6. The van der Waals surface area contributed by atoms with Crippen molar-refractivity contribution in [1.82, 2.24) is 29.3 Å². The molecule has 0 fully saturated rings. The number of amides is 1. The van der Waals surface area contributed by atoms with Crippen LogP contribution >= 0.6 is 23.2 Å². The molecular weight excluding hydrogens is 689 g/mol. The first-order valence-electron chi connectivity index (χ1n) is 16.9. The van der Waals surface area contributed by atoms with E-state index in [1.165, 1.54) is 17.2 Å². The molecule has 51 heavy (non-hydrogen) atoms. The van der Waals surface area contributed by atoms with Gasteiger partial charge in [-0.1, -0.05) is 53.5 Å². The Morgan fingerprint density at radius 1 is 1.00 bits per heavy atom. The highest BCUT2D eigenvalue weighted by Gasteiger charge is 2.31. The van der Waals surface area contributed by atoms with Gasteiger partial charge in [0.1, 0.15) is 11.2 Å². The summed E-state index contributed by atoms with van der Waals surface area (Å²) in [4.78, 5) is 49.4. The van der Waals surface area contributed by atoms with Gasteiger partial charge in [-0.05, 0) is 70.0 Å². The predicted molar refractivity (Wildman–Crippen MR) is 204 cm³/mol. The number of fused-ring (bicyclic) bond motifs is 2. The van der Waals surface area contributed by atoms with E-state index in [2.05, 4.69) is 33.6 Å². The van der Waals surface area contributed by atoms with E-state index in [9.17, 15) is 14.4 Å². The highest BCUT2D eigenvalue weighted by Crippen LogP contribution is 2.45. The SMILES string of the molecule is CNC(=O)CCCCN(C)C1CCc2cc(-c3cccc(-c4cccc(Nc5nc(C)cc6c5c(=O)n(C)c(=O)n6C)c4Cl)c3Cl)nc(OC)c21. The summed E-state index contributed by atoms with van der Waals surface area (Å²) in [6, 6.07) is 15.3. The zero-order valence-corrected chi connectivity index (χ0v) is 31.1. The molecular formula is C38H41Cl2N7O4. The number of ether oxygens (including phenoxy) is 1. The highest BCUT2D eigenvalue weighted by molar-refractivity contribution is 6.39. The number of unbranched alkanes of at least 4 members (excludes halogenated alkanes) is 1. The van der Waals surface area contributed by atoms with Crippen molar-refractivity contribution in [3.05, 3.63) is 96.2 Å². The minimum atomic E-state index is -0.459. The number of hydrogen-bond donors (Lipinski definition) is 2. The molecule has 0 aliphatic heterocycles. The van der Waals surface area contributed by atoms with E-state index in [1.807, 2.05) is 30.3 Å². The molecule has 1 amide bonds. The van der Waals surface area contributed by atoms with Crippen molar-refractivity contribution in [2.45, 2.75) is 45.1 Å². The van der Waals surface area contributed by atoms with Crippen molar-refractivity contribution >= 4 is 51.5 Å². The zero-order chi connectivity index (χ0) is 36.6. The molecule has 1 aliphatic carbocycles. The molecule has 1 unspecified atom stereocenters. The number of halogens is 2. The van der Waals surface area contributed by atoms with Crippen molar-refractivity contribution in [2.75, 3.05) is 33.1 Å². The second kappa shape index (κ2) is 14.9. The fourth-order valence-corrected chi connectivity index (χ4v) is 7.55. The number of benzene rings is 2. The second-order valence-electron chi connectivity index (χ2n) is 12.9. The van der Waals surface area contributed by atoms with Gasteiger partial charge in [0.25, 0.3) is 5.56 Å². The van der Waals surface area contributed by atoms with Gasteiger partial charge in [-0.15, -0.1) is 0 Å². The molecule has 3 aromatic heterocycles. The molecule has 13 heteroatoms. The number of anilines is 2. The van der Waals surface area contributed by atoms with Gasteiger partial charge in [-0.2, -0.15) is 0 Å². The van der Waals surface area contributed by atoms with Crippen LogP contribution in [0.25, 0.3) is 33.3 Å². The van der Waals surface area contributed by atoms with Crippen LogP contribution in [0.4, 0.5) is 11.5 Å². The van der Waals surface area contributed by atoms with Crippen LogP contribution in [0.2, 0.25) is 10.0 Å². The van der Waals surface area contributed by atoms with Crippen LogP contribution < -0.4 is 26.6 Å². The summed E-state index contributed by atoms with van der Waals surface area (Å²) in [5.41, 5.74) is 5.83. The Kier molecular flexibility index (Phi) is 10.5. The Balaban J connectivity index is 1.32. The van der Waals surface area contributed by atoms with Crippen molar-refractivity contribution in [2.24, 2.45) is 14.1 Å². The summed E-state index contributed by atoms with van der Waals surface area (Å²) >= 11 is 14.2. The van der Waals surface area contributed by atoms with Gasteiger partial charge in [0.15, 0.2) is 0 Å². The summed E-state index contributed by atoms with van der Waals surface area (Å²) in [6.07, 6.45) is 4.10. The van der Waals surface area contributed by atoms with Crippen LogP contribution in [0.15, 0.2) is 58.1 Å². The van der Waals surface area contributed by atoms with Gasteiger partial charge in [0.05, 0.1) is 34.1 Å². The summed E-state index contributed by atoms with van der Waals surface area (Å²) < 4.78 is 8.36. The van der Waals surface area contributed by atoms with Gasteiger partial charge in [-0.3, -0.25) is 23.6 Å². The Labute approximate surface area is 306 Å². The molecule has 0 spiro atoms. The van der Waals surface area contributed by atoms with E-state index < -0.39 is 11.2 Å². The number of carbonyl (C=O) groups excluding carboxylic acids is 1. The standard InChI is InChI=1S/C38H41Cl2N7O4/c1-21-19-29-32(37(49)47(5)38(50)46(29)4)35(42-21)43-26-14-10-12-24(34(26)40)23-11-9-13-25(33(23)39)27-20-22-16-17-28(31(22)36(44-27)51-6)45(3)18-8-7-15-30(48)41-2/h9-14,19-20,28H,7-8,15-18H2,1-6H3,(H,41,48)(H,42,43). The average molecular weight is 731 g/mol. The number of aromatic nitrogens is 4. The number of rotatable bonds is 11. The first-order valence-corrected chi connectivity index (χ1v) is 17.6. The van der Waals surface area contributed by atoms with Crippen LogP contribution in [-0.2, 0) is 25.3 Å². The lowest BCUT2D eigenvalue weighted by Crippen LogP contribution is -2.37. The quantitative estimate of drug-likeness (QED) is 0.147. The minimum absolute atomic E-state index is 0.0631. The number of pyridine rings is 2. The molecule has 1 aliphatic rings. The Morgan fingerprint density at radius 2 is 1.71 bits per heavy atom. The number of methoxy groups -OCH3 is 1. The third kappa shape index (κ3) is 6.85. The molecule has 1 atom stereocenters. The fraction of sp³-hybridized carbons (Fsp3) is 0.342. The lowest BCUT2D eigenvalue weighted by atomic mass is 9.99. The average Bonchev–Trinajstić information content (AvgIpc) is 3.56. The maximum Gasteiger partial charge on any atom is 0.330 e. The molecule has 5 aromatic rings. The third-order valence-electron chi connectivity index (χ3n) is 9.70. The molecule has 11 nitrogen and oxygen atoms in total. The maximum absolute atomic E-state index is 13.3. The predicted octanol–water partition coefficient (Wildman–Crippen LogP) is 6.56. The Morgan fingerprint density at radius 3 is 2.43 bits per heavy atom. The molecule has 266 valence electrons. The number of nitrogens with zero attached hydrogens (tertiary/aromatic N) is 5. The smallest absolute Gasteiger partial charge is 0.330 e. The van der Waals surface area contributed by atoms with Gasteiger partial charge in [0, 0.05) is 61.6 Å². The van der Waals surface area contributed by atoms with Crippen molar-refractivity contribution < 1.29 is 9.53 Å². The first kappa shape index (κ1) is 36.1. The van der Waals surface area contributed by atoms with E-state index in [0.717, 1.165) is 47.9 Å². The Bertz CT molecular complexity index is 2280.